The number of allylic oxidation sites excluding steroid dienone is 2. The molecule has 2 saturated heterocycles. The van der Waals surface area contributed by atoms with Crippen LogP contribution < -0.4 is 42.5 Å². The standard InChI is InChI=1S/C22H32N4O8S2.C22H34N4O8S2/c1-12(2)19-22(33)23-10-18(30)34-13-5-3-4-8-35-36-11-15(21(32)26-19)25-20(31)14(6-7-17(28)29)24-16(27)9-13;1-12(2)19-22(33)23-10-18(30)34-13(5-3-4-8-35)9-16(27)24-14(6-7-17(28)29)20(31)25-15(11-36)21(32)26-19/h3,5,12-15,19H,4,6-11H2,1-2H3,(H,23,33)(H,24,27)(H,25,31)(H,26,32)(H,28,29);3,5,12-15,19,35-36H,4,6-11H2,1-2H3,(H,23,33)(H,24,27)(H,25,31)(H,26,32)(H,28,29)/b2*5-3+/t2*13-,14-,15-,19-/m11/s1. The second kappa shape index (κ2) is 33.3. The first-order valence-electron chi connectivity index (χ1n) is 23.0. The molecule has 72 heavy (non-hydrogen) atoms. The van der Waals surface area contributed by atoms with Crippen molar-refractivity contribution >= 4 is 118 Å². The Morgan fingerprint density at radius 2 is 1.18 bits per heavy atom. The van der Waals surface area contributed by atoms with Crippen LogP contribution in [0.5, 0.6) is 0 Å². The lowest BCUT2D eigenvalue weighted by Crippen LogP contribution is -2.59. The number of aliphatic carboxylic acids is 2. The summed E-state index contributed by atoms with van der Waals surface area (Å²) in [5.41, 5.74) is 0. The Morgan fingerprint density at radius 3 is 1.71 bits per heavy atom. The van der Waals surface area contributed by atoms with E-state index in [2.05, 4.69) is 67.8 Å². The first-order valence-corrected chi connectivity index (χ1v) is 26.8. The van der Waals surface area contributed by atoms with Crippen LogP contribution in [-0.2, 0) is 67.0 Å². The number of nitrogens with one attached hydrogen (secondary N) is 8. The summed E-state index contributed by atoms with van der Waals surface area (Å²) in [5.74, 6) is -8.81. The van der Waals surface area contributed by atoms with Gasteiger partial charge in [0.2, 0.25) is 47.3 Å². The highest BCUT2D eigenvalue weighted by molar-refractivity contribution is 8.76. The number of carbonyl (C=O) groups excluding carboxylic acids is 10. The fourth-order valence-corrected chi connectivity index (χ4v) is 9.13. The molecule has 3 rings (SSSR count). The van der Waals surface area contributed by atoms with Crippen molar-refractivity contribution in [1.29, 1.82) is 0 Å². The lowest BCUT2D eigenvalue weighted by Gasteiger charge is -2.27. The Hall–Kier alpha value is -5.48. The third kappa shape index (κ3) is 24.3. The Balaban J connectivity index is 0.000000493. The summed E-state index contributed by atoms with van der Waals surface area (Å²) in [6.45, 7) is 5.87. The minimum atomic E-state index is -1.28. The zero-order valence-corrected chi connectivity index (χ0v) is 43.7. The summed E-state index contributed by atoms with van der Waals surface area (Å²) >= 11 is 8.19. The SMILES string of the molecule is CC(C)[C@H]1NC(=O)[C@@H](CS)NC(=O)[C@@H](CCC(=O)O)NC(=O)C[C@@H](/C=C/CCS)OC(=O)CNC1=O.CC(C)[C@H]1NC(=O)[C@H]2CSSCC/C=C/[C@H](CC(=O)N[C@H](CCC(=O)O)C(=O)N2)OC(=O)CNC1=O. The largest absolute Gasteiger partial charge is 0.481 e. The summed E-state index contributed by atoms with van der Waals surface area (Å²) < 4.78 is 10.7. The highest BCUT2D eigenvalue weighted by Gasteiger charge is 2.34. The molecule has 402 valence electrons. The normalized spacial score (nSPS) is 26.6. The molecule has 0 aliphatic carbocycles. The molecule has 3 aliphatic rings. The Kier molecular flexibility index (Phi) is 29.0. The van der Waals surface area contributed by atoms with Gasteiger partial charge in [0.1, 0.15) is 61.5 Å². The molecule has 8 amide bonds. The van der Waals surface area contributed by atoms with Crippen LogP contribution >= 0.6 is 46.8 Å². The lowest BCUT2D eigenvalue weighted by atomic mass is 10.0. The number of hydrogen-bond donors (Lipinski definition) is 12. The molecule has 3 aliphatic heterocycles. The molecule has 0 unspecified atom stereocenters. The van der Waals surface area contributed by atoms with Gasteiger partial charge < -0.3 is 62.2 Å². The van der Waals surface area contributed by atoms with Gasteiger partial charge >= 0.3 is 23.9 Å². The predicted molar refractivity (Wildman–Crippen MR) is 270 cm³/mol. The second-order valence-electron chi connectivity index (χ2n) is 17.0. The first-order chi connectivity index (χ1) is 34.0. The van der Waals surface area contributed by atoms with Crippen molar-refractivity contribution < 1.29 is 77.2 Å². The minimum Gasteiger partial charge on any atom is -0.481 e. The fraction of sp³-hybridized carbons (Fsp3) is 0.636. The number of esters is 2. The number of ether oxygens (including phenoxy) is 2. The number of thiol groups is 2. The molecule has 0 aromatic heterocycles. The summed E-state index contributed by atoms with van der Waals surface area (Å²) in [6, 6.07) is -6.74. The molecular formula is C44H66N8O16S4. The summed E-state index contributed by atoms with van der Waals surface area (Å²) in [5, 5.41) is 38.2. The van der Waals surface area contributed by atoms with E-state index in [4.69, 9.17) is 19.7 Å². The quantitative estimate of drug-likeness (QED) is 0.0479. The van der Waals surface area contributed by atoms with E-state index in [1.807, 2.05) is 0 Å². The summed E-state index contributed by atoms with van der Waals surface area (Å²) in [4.78, 5) is 150. The molecule has 24 nitrogen and oxygen atoms in total. The van der Waals surface area contributed by atoms with Gasteiger partial charge in [0.15, 0.2) is 0 Å². The van der Waals surface area contributed by atoms with E-state index >= 15 is 0 Å². The number of rotatable bonds is 12. The molecule has 0 saturated carbocycles. The number of hydrogen-bond acceptors (Lipinski definition) is 18. The number of amides is 8. The zero-order chi connectivity index (χ0) is 53.9. The van der Waals surface area contributed by atoms with Gasteiger partial charge in [0.25, 0.3) is 0 Å². The molecule has 28 heteroatoms. The topological polar surface area (TPSA) is 360 Å². The van der Waals surface area contributed by atoms with E-state index in [9.17, 15) is 57.5 Å². The maximum absolute atomic E-state index is 13.1. The lowest BCUT2D eigenvalue weighted by molar-refractivity contribution is -0.149. The number of carboxylic acid groups (broad SMARTS) is 2. The highest BCUT2D eigenvalue weighted by atomic mass is 33.1. The van der Waals surface area contributed by atoms with Gasteiger partial charge in [-0.25, -0.2) is 0 Å². The van der Waals surface area contributed by atoms with Crippen molar-refractivity contribution in [2.45, 2.75) is 128 Å². The molecule has 0 spiro atoms. The number of carboxylic acids is 2. The Morgan fingerprint density at radius 1 is 0.667 bits per heavy atom. The predicted octanol–water partition coefficient (Wildman–Crippen LogP) is -1.07. The molecule has 8 atom stereocenters. The van der Waals surface area contributed by atoms with E-state index in [1.165, 1.54) is 27.7 Å². The van der Waals surface area contributed by atoms with Gasteiger partial charge in [0.05, 0.1) is 12.8 Å². The molecule has 2 bridgehead atoms. The van der Waals surface area contributed by atoms with Crippen LogP contribution in [0.25, 0.3) is 0 Å². The van der Waals surface area contributed by atoms with Crippen LogP contribution in [0.3, 0.4) is 0 Å². The van der Waals surface area contributed by atoms with Gasteiger partial charge in [-0.2, -0.15) is 25.3 Å². The van der Waals surface area contributed by atoms with Gasteiger partial charge in [0, 0.05) is 30.1 Å². The van der Waals surface area contributed by atoms with Crippen LogP contribution in [0.15, 0.2) is 24.3 Å². The highest BCUT2D eigenvalue weighted by Crippen LogP contribution is 2.24. The van der Waals surface area contributed by atoms with E-state index < -0.39 is 146 Å². The van der Waals surface area contributed by atoms with Crippen LogP contribution in [0.4, 0.5) is 0 Å². The molecule has 0 aromatic carbocycles. The van der Waals surface area contributed by atoms with Gasteiger partial charge in [-0.1, -0.05) is 61.4 Å². The van der Waals surface area contributed by atoms with Crippen molar-refractivity contribution in [3.05, 3.63) is 24.3 Å². The van der Waals surface area contributed by atoms with Crippen molar-refractivity contribution in [2.24, 2.45) is 11.8 Å². The average molecular weight is 1090 g/mol. The first kappa shape index (κ1) is 62.6. The molecule has 10 N–H and O–H groups in total. The summed E-state index contributed by atoms with van der Waals surface area (Å²) in [6.07, 6.45) is 3.74. The average Bonchev–Trinajstić information content (AvgIpc) is 3.30. The molecule has 0 aromatic rings. The second-order valence-corrected chi connectivity index (χ2v) is 20.5. The van der Waals surface area contributed by atoms with Crippen molar-refractivity contribution in [1.82, 2.24) is 42.5 Å². The van der Waals surface area contributed by atoms with Gasteiger partial charge in [-0.3, -0.25) is 57.5 Å². The van der Waals surface area contributed by atoms with E-state index in [0.29, 0.717) is 24.3 Å². The van der Waals surface area contributed by atoms with Gasteiger partial charge in [-0.05, 0) is 55.4 Å². The Labute approximate surface area is 435 Å². The van der Waals surface area contributed by atoms with E-state index in [-0.39, 0.29) is 49.0 Å². The van der Waals surface area contributed by atoms with Gasteiger partial charge in [-0.15, -0.1) is 0 Å². The number of cyclic esters (lactones) is 1. The third-order valence-corrected chi connectivity index (χ3v) is 13.4. The van der Waals surface area contributed by atoms with E-state index in [0.717, 1.165) is 0 Å². The smallest absolute Gasteiger partial charge is 0.326 e. The minimum absolute atomic E-state index is 0.131. The van der Waals surface area contributed by atoms with E-state index in [1.54, 1.807) is 45.9 Å². The molecule has 3 heterocycles. The number of carbonyl (C=O) groups is 12. The van der Waals surface area contributed by atoms with Crippen LogP contribution in [-0.4, -0.2) is 166 Å². The fourth-order valence-electron chi connectivity index (χ4n) is 6.56. The maximum Gasteiger partial charge on any atom is 0.326 e. The van der Waals surface area contributed by atoms with Crippen molar-refractivity contribution in [2.75, 3.05) is 36.1 Å². The van der Waals surface area contributed by atoms with Crippen LogP contribution in [0.2, 0.25) is 0 Å². The molecule has 2 fully saturated rings. The third-order valence-electron chi connectivity index (χ3n) is 10.4. The summed E-state index contributed by atoms with van der Waals surface area (Å²) in [7, 11) is 2.82. The monoisotopic (exact) mass is 1090 g/mol. The molecular weight excluding hydrogens is 1020 g/mol. The molecule has 0 radical (unpaired) electrons. The Bertz CT molecular complexity index is 2010. The van der Waals surface area contributed by atoms with Crippen LogP contribution in [0, 0.1) is 11.8 Å². The zero-order valence-electron chi connectivity index (χ0n) is 40.3. The van der Waals surface area contributed by atoms with Crippen molar-refractivity contribution in [3.8, 4) is 0 Å². The van der Waals surface area contributed by atoms with Crippen LogP contribution in [0.1, 0.15) is 79.1 Å². The van der Waals surface area contributed by atoms with Crippen molar-refractivity contribution in [3.63, 3.8) is 0 Å². The maximum atomic E-state index is 13.1. The number of fused-ring (bicyclic) bond motifs is 7.